The Kier molecular flexibility index (Phi) is 4.39. The molecule has 0 bridgehead atoms. The fourth-order valence-electron chi connectivity index (χ4n) is 2.21. The van der Waals surface area contributed by atoms with Crippen LogP contribution in [0.2, 0.25) is 0 Å². The molecule has 1 fully saturated rings. The average molecular weight is 277 g/mol. The van der Waals surface area contributed by atoms with E-state index < -0.39 is 18.2 Å². The van der Waals surface area contributed by atoms with Gasteiger partial charge in [0.25, 0.3) is 5.91 Å². The second kappa shape index (κ2) is 6.05. The molecular formula is C15H19NO4. The lowest BCUT2D eigenvalue weighted by Gasteiger charge is -2.13. The highest BCUT2D eigenvalue weighted by atomic mass is 16.5. The first-order chi connectivity index (χ1) is 9.47. The van der Waals surface area contributed by atoms with Gasteiger partial charge in [-0.3, -0.25) is 4.79 Å². The number of aliphatic carboxylic acids is 1. The second-order valence-electron chi connectivity index (χ2n) is 5.30. The molecule has 1 aromatic rings. The topological polar surface area (TPSA) is 75.6 Å². The van der Waals surface area contributed by atoms with E-state index in [9.17, 15) is 9.59 Å². The molecule has 0 unspecified atom stereocenters. The molecule has 1 aliphatic rings. The number of benzene rings is 1. The molecular weight excluding hydrogens is 258 g/mol. The largest absolute Gasteiger partial charge is 0.479 e. The molecule has 0 aromatic heterocycles. The van der Waals surface area contributed by atoms with E-state index in [-0.39, 0.29) is 5.91 Å². The summed E-state index contributed by atoms with van der Waals surface area (Å²) in [6.45, 7) is 4.16. The minimum absolute atomic E-state index is 0.283. The molecule has 5 heteroatoms. The summed E-state index contributed by atoms with van der Waals surface area (Å²) in [7, 11) is 0. The average Bonchev–Trinajstić information content (AvgIpc) is 2.88. The summed E-state index contributed by atoms with van der Waals surface area (Å²) in [6, 6.07) is 7.63. The maximum atomic E-state index is 12.0. The molecule has 1 heterocycles. The third-order valence-electron chi connectivity index (χ3n) is 3.41. The molecule has 1 aromatic carbocycles. The van der Waals surface area contributed by atoms with Gasteiger partial charge in [-0.05, 0) is 36.5 Å². The van der Waals surface area contributed by atoms with Crippen LogP contribution in [0.25, 0.3) is 0 Å². The Morgan fingerprint density at radius 3 is 2.60 bits per heavy atom. The number of carbonyl (C=O) groups is 2. The first-order valence-corrected chi connectivity index (χ1v) is 6.76. The molecule has 2 N–H and O–H groups in total. The molecule has 1 amide bonds. The van der Waals surface area contributed by atoms with Crippen molar-refractivity contribution >= 4 is 17.6 Å². The number of rotatable bonds is 4. The fraction of sp³-hybridized carbons (Fsp3) is 0.467. The number of carbonyl (C=O) groups excluding carboxylic acids is 1. The number of ether oxygens (including phenoxy) is 1. The zero-order chi connectivity index (χ0) is 14.7. The van der Waals surface area contributed by atoms with Gasteiger partial charge in [0.05, 0.1) is 0 Å². The van der Waals surface area contributed by atoms with Crippen molar-refractivity contribution in [3.63, 3.8) is 0 Å². The molecule has 2 atom stereocenters. The van der Waals surface area contributed by atoms with Gasteiger partial charge in [-0.15, -0.1) is 0 Å². The SMILES string of the molecule is CC(C)c1cccc(NC(=O)[C@@H]2CC[C@H](C(=O)O)O2)c1. The van der Waals surface area contributed by atoms with Gasteiger partial charge in [-0.25, -0.2) is 4.79 Å². The van der Waals surface area contributed by atoms with Gasteiger partial charge in [0.15, 0.2) is 6.10 Å². The number of nitrogens with one attached hydrogen (secondary N) is 1. The summed E-state index contributed by atoms with van der Waals surface area (Å²) in [5.74, 6) is -0.914. The van der Waals surface area contributed by atoms with Crippen LogP contribution in [0.15, 0.2) is 24.3 Å². The van der Waals surface area contributed by atoms with E-state index in [2.05, 4.69) is 19.2 Å². The number of amides is 1. The van der Waals surface area contributed by atoms with Gasteiger partial charge < -0.3 is 15.2 Å². The van der Waals surface area contributed by atoms with Crippen molar-refractivity contribution in [1.82, 2.24) is 0 Å². The maximum absolute atomic E-state index is 12.0. The van der Waals surface area contributed by atoms with Gasteiger partial charge in [0.2, 0.25) is 0 Å². The van der Waals surface area contributed by atoms with Crippen LogP contribution in [0.4, 0.5) is 5.69 Å². The zero-order valence-corrected chi connectivity index (χ0v) is 11.6. The highest BCUT2D eigenvalue weighted by Crippen LogP contribution is 2.23. The standard InChI is InChI=1S/C15H19NO4/c1-9(2)10-4-3-5-11(8-10)16-14(17)12-6-7-13(20-12)15(18)19/h3-5,8-9,12-13H,6-7H2,1-2H3,(H,16,17)(H,18,19)/t12-,13+/m0/s1. The molecule has 20 heavy (non-hydrogen) atoms. The molecule has 1 saturated heterocycles. The maximum Gasteiger partial charge on any atom is 0.332 e. The fourth-order valence-corrected chi connectivity index (χ4v) is 2.21. The van der Waals surface area contributed by atoms with Gasteiger partial charge in [0.1, 0.15) is 6.10 Å². The smallest absolute Gasteiger partial charge is 0.332 e. The van der Waals surface area contributed by atoms with E-state index >= 15 is 0 Å². The van der Waals surface area contributed by atoms with Gasteiger partial charge >= 0.3 is 5.97 Å². The van der Waals surface area contributed by atoms with E-state index in [4.69, 9.17) is 9.84 Å². The van der Waals surface area contributed by atoms with Crippen molar-refractivity contribution in [1.29, 1.82) is 0 Å². The van der Waals surface area contributed by atoms with Crippen molar-refractivity contribution in [2.24, 2.45) is 0 Å². The van der Waals surface area contributed by atoms with Crippen molar-refractivity contribution in [3.05, 3.63) is 29.8 Å². The Balaban J connectivity index is 1.98. The van der Waals surface area contributed by atoms with Crippen molar-refractivity contribution in [2.75, 3.05) is 5.32 Å². The third kappa shape index (κ3) is 3.36. The van der Waals surface area contributed by atoms with Crippen LogP contribution in [0.3, 0.4) is 0 Å². The van der Waals surface area contributed by atoms with Crippen molar-refractivity contribution in [3.8, 4) is 0 Å². The van der Waals surface area contributed by atoms with Gasteiger partial charge in [-0.1, -0.05) is 26.0 Å². The van der Waals surface area contributed by atoms with Crippen molar-refractivity contribution in [2.45, 2.75) is 44.8 Å². The molecule has 1 aliphatic heterocycles. The Morgan fingerprint density at radius 1 is 1.30 bits per heavy atom. The van der Waals surface area contributed by atoms with Crippen LogP contribution in [0.5, 0.6) is 0 Å². The summed E-state index contributed by atoms with van der Waals surface area (Å²) in [4.78, 5) is 22.8. The highest BCUT2D eigenvalue weighted by Gasteiger charge is 2.34. The monoisotopic (exact) mass is 277 g/mol. The van der Waals surface area contributed by atoms with Crippen LogP contribution in [0, 0.1) is 0 Å². The third-order valence-corrected chi connectivity index (χ3v) is 3.41. The van der Waals surface area contributed by atoms with Crippen LogP contribution in [0.1, 0.15) is 38.2 Å². The van der Waals surface area contributed by atoms with Gasteiger partial charge in [0, 0.05) is 5.69 Å². The predicted molar refractivity (Wildman–Crippen MR) is 74.7 cm³/mol. The Labute approximate surface area is 117 Å². The summed E-state index contributed by atoms with van der Waals surface area (Å²) in [6.07, 6.45) is -0.738. The molecule has 0 radical (unpaired) electrons. The lowest BCUT2D eigenvalue weighted by Crippen LogP contribution is -2.29. The van der Waals surface area contributed by atoms with Crippen LogP contribution < -0.4 is 5.32 Å². The minimum atomic E-state index is -1.01. The number of carboxylic acid groups (broad SMARTS) is 1. The molecule has 5 nitrogen and oxygen atoms in total. The van der Waals surface area contributed by atoms with Crippen molar-refractivity contribution < 1.29 is 19.4 Å². The van der Waals surface area contributed by atoms with Gasteiger partial charge in [-0.2, -0.15) is 0 Å². The quantitative estimate of drug-likeness (QED) is 0.886. The Bertz CT molecular complexity index is 512. The number of hydrogen-bond acceptors (Lipinski definition) is 3. The van der Waals surface area contributed by atoms with E-state index in [0.717, 1.165) is 5.56 Å². The number of hydrogen-bond donors (Lipinski definition) is 2. The lowest BCUT2D eigenvalue weighted by molar-refractivity contribution is -0.150. The Morgan fingerprint density at radius 2 is 2.00 bits per heavy atom. The highest BCUT2D eigenvalue weighted by molar-refractivity contribution is 5.94. The summed E-state index contributed by atoms with van der Waals surface area (Å²) < 4.78 is 5.22. The lowest BCUT2D eigenvalue weighted by atomic mass is 10.0. The van der Waals surface area contributed by atoms with Crippen LogP contribution >= 0.6 is 0 Å². The Hall–Kier alpha value is -1.88. The molecule has 108 valence electrons. The molecule has 0 aliphatic carbocycles. The number of anilines is 1. The first-order valence-electron chi connectivity index (χ1n) is 6.76. The summed E-state index contributed by atoms with van der Waals surface area (Å²) in [5, 5.41) is 11.6. The molecule has 0 spiro atoms. The van der Waals surface area contributed by atoms with Crippen LogP contribution in [-0.2, 0) is 14.3 Å². The van der Waals surface area contributed by atoms with E-state index in [0.29, 0.717) is 24.4 Å². The first kappa shape index (κ1) is 14.5. The minimum Gasteiger partial charge on any atom is -0.479 e. The van der Waals surface area contributed by atoms with E-state index in [1.165, 1.54) is 0 Å². The zero-order valence-electron chi connectivity index (χ0n) is 11.6. The summed E-state index contributed by atoms with van der Waals surface area (Å²) in [5.41, 5.74) is 1.85. The second-order valence-corrected chi connectivity index (χ2v) is 5.30. The van der Waals surface area contributed by atoms with Crippen LogP contribution in [-0.4, -0.2) is 29.2 Å². The normalized spacial score (nSPS) is 21.9. The number of carboxylic acids is 1. The van der Waals surface area contributed by atoms with E-state index in [1.807, 2.05) is 24.3 Å². The molecule has 0 saturated carbocycles. The molecule has 2 rings (SSSR count). The summed E-state index contributed by atoms with van der Waals surface area (Å²) >= 11 is 0. The van der Waals surface area contributed by atoms with E-state index in [1.54, 1.807) is 0 Å². The predicted octanol–water partition coefficient (Wildman–Crippen LogP) is 2.38.